The Balaban J connectivity index is 3.08. The zero-order valence-corrected chi connectivity index (χ0v) is 5.05. The van der Waals surface area contributed by atoms with Gasteiger partial charge in [-0.1, -0.05) is 11.3 Å². The molecule has 1 aromatic rings. The Bertz CT molecular complexity index is 231. The minimum Gasteiger partial charge on any atom is -0.498 e. The average Bonchev–Trinajstić information content (AvgIpc) is 2.13. The number of aromatic hydroxyl groups is 1. The van der Waals surface area contributed by atoms with Crippen LogP contribution in [0, 0.1) is 0 Å². The Labute approximate surface area is 54.4 Å². The molecule has 4 nitrogen and oxygen atoms in total. The third-order valence-electron chi connectivity index (χ3n) is 0.751. The van der Waals surface area contributed by atoms with Crippen LogP contribution in [0.3, 0.4) is 0 Å². The third kappa shape index (κ3) is 0.996. The van der Waals surface area contributed by atoms with Crippen LogP contribution >= 0.6 is 11.3 Å². The van der Waals surface area contributed by atoms with Crippen LogP contribution in [0.15, 0.2) is 5.51 Å². The molecule has 0 aliphatic heterocycles. The van der Waals surface area contributed by atoms with Crippen LogP contribution < -0.4 is 0 Å². The van der Waals surface area contributed by atoms with Gasteiger partial charge in [-0.05, 0) is 0 Å². The van der Waals surface area contributed by atoms with Gasteiger partial charge in [-0.2, -0.15) is 0 Å². The molecule has 1 aromatic heterocycles. The monoisotopic (exact) mass is 145 g/mol. The van der Waals surface area contributed by atoms with Gasteiger partial charge in [-0.25, -0.2) is 9.78 Å². The fraction of sp³-hybridized carbons (Fsp3) is 0. The minimum absolute atomic E-state index is 0.248. The van der Waals surface area contributed by atoms with Crippen LogP contribution in [0.4, 0.5) is 0 Å². The predicted octanol–water partition coefficient (Wildman–Crippen LogP) is 0.547. The van der Waals surface area contributed by atoms with Crippen molar-refractivity contribution in [3.05, 3.63) is 11.2 Å². The molecule has 0 atom stereocenters. The quantitative estimate of drug-likeness (QED) is 0.605. The van der Waals surface area contributed by atoms with E-state index in [4.69, 9.17) is 10.2 Å². The zero-order valence-electron chi connectivity index (χ0n) is 4.24. The summed E-state index contributed by atoms with van der Waals surface area (Å²) < 4.78 is 0. The highest BCUT2D eigenvalue weighted by atomic mass is 32.1. The number of aromatic nitrogens is 1. The third-order valence-corrected chi connectivity index (χ3v) is 1.38. The molecular weight excluding hydrogens is 142 g/mol. The highest BCUT2D eigenvalue weighted by Crippen LogP contribution is 2.19. The molecule has 0 aliphatic rings. The molecule has 0 saturated carbocycles. The standard InChI is InChI=1S/C4H3NO3S/c6-3(7)2-4(8)9-1-5-2/h1,8H,(H,6,7). The molecule has 0 radical (unpaired) electrons. The van der Waals surface area contributed by atoms with Crippen molar-refractivity contribution in [1.82, 2.24) is 4.98 Å². The van der Waals surface area contributed by atoms with E-state index in [-0.39, 0.29) is 10.8 Å². The van der Waals surface area contributed by atoms with Crippen LogP contribution in [0.5, 0.6) is 5.06 Å². The summed E-state index contributed by atoms with van der Waals surface area (Å²) in [5.74, 6) is -1.20. The Morgan fingerprint density at radius 3 is 2.67 bits per heavy atom. The van der Waals surface area contributed by atoms with Crippen LogP contribution in [0.25, 0.3) is 0 Å². The lowest BCUT2D eigenvalue weighted by molar-refractivity contribution is 0.0688. The molecule has 5 heteroatoms. The van der Waals surface area contributed by atoms with Crippen molar-refractivity contribution < 1.29 is 15.0 Å². The molecule has 1 heterocycles. The van der Waals surface area contributed by atoms with E-state index in [1.807, 2.05) is 0 Å². The van der Waals surface area contributed by atoms with Gasteiger partial charge in [0, 0.05) is 0 Å². The second kappa shape index (κ2) is 2.02. The number of aromatic carboxylic acids is 1. The van der Waals surface area contributed by atoms with E-state index in [9.17, 15) is 4.79 Å². The van der Waals surface area contributed by atoms with Crippen molar-refractivity contribution in [2.45, 2.75) is 0 Å². The van der Waals surface area contributed by atoms with Gasteiger partial charge >= 0.3 is 5.97 Å². The summed E-state index contributed by atoms with van der Waals surface area (Å²) in [6.07, 6.45) is 0. The van der Waals surface area contributed by atoms with Gasteiger partial charge in [0.1, 0.15) is 0 Å². The second-order valence-electron chi connectivity index (χ2n) is 1.31. The number of carboxylic acids is 1. The maximum atomic E-state index is 10.1. The molecule has 0 amide bonds. The van der Waals surface area contributed by atoms with E-state index < -0.39 is 5.97 Å². The Morgan fingerprint density at radius 1 is 1.78 bits per heavy atom. The smallest absolute Gasteiger partial charge is 0.359 e. The molecule has 48 valence electrons. The number of nitrogens with zero attached hydrogens (tertiary/aromatic N) is 1. The summed E-state index contributed by atoms with van der Waals surface area (Å²) >= 11 is 0.896. The fourth-order valence-electron chi connectivity index (χ4n) is 0.387. The van der Waals surface area contributed by atoms with Crippen LogP contribution in [-0.4, -0.2) is 21.2 Å². The van der Waals surface area contributed by atoms with Gasteiger partial charge in [0.15, 0.2) is 0 Å². The van der Waals surface area contributed by atoms with E-state index in [0.717, 1.165) is 11.3 Å². The maximum absolute atomic E-state index is 10.1. The minimum atomic E-state index is -1.20. The number of carboxylic acid groups (broad SMARTS) is 1. The number of carbonyl (C=O) groups is 1. The molecule has 0 aromatic carbocycles. The Morgan fingerprint density at radius 2 is 2.44 bits per heavy atom. The van der Waals surface area contributed by atoms with Gasteiger partial charge < -0.3 is 10.2 Å². The summed E-state index contributed by atoms with van der Waals surface area (Å²) in [7, 11) is 0. The summed E-state index contributed by atoms with van der Waals surface area (Å²) in [5.41, 5.74) is 0.999. The van der Waals surface area contributed by atoms with Crippen LogP contribution in [0.1, 0.15) is 10.5 Å². The van der Waals surface area contributed by atoms with Crippen LogP contribution in [0.2, 0.25) is 0 Å². The molecule has 0 spiro atoms. The van der Waals surface area contributed by atoms with Gasteiger partial charge in [0.25, 0.3) is 0 Å². The average molecular weight is 145 g/mol. The van der Waals surface area contributed by atoms with Crippen molar-refractivity contribution in [3.8, 4) is 5.06 Å². The first-order valence-corrected chi connectivity index (χ1v) is 2.95. The number of hydrogen-bond acceptors (Lipinski definition) is 4. The largest absolute Gasteiger partial charge is 0.498 e. The maximum Gasteiger partial charge on any atom is 0.359 e. The molecule has 0 fully saturated rings. The number of thiazole rings is 1. The molecule has 1 rings (SSSR count). The Hall–Kier alpha value is -1.10. The van der Waals surface area contributed by atoms with Gasteiger partial charge in [0.2, 0.25) is 10.8 Å². The molecule has 0 bridgehead atoms. The molecule has 0 aliphatic carbocycles. The highest BCUT2D eigenvalue weighted by molar-refractivity contribution is 7.11. The fourth-order valence-corrected chi connectivity index (χ4v) is 0.896. The van der Waals surface area contributed by atoms with Crippen LogP contribution in [-0.2, 0) is 0 Å². The molecule has 0 saturated heterocycles. The van der Waals surface area contributed by atoms with E-state index in [1.54, 1.807) is 0 Å². The number of hydrogen-bond donors (Lipinski definition) is 2. The molecule has 0 unspecified atom stereocenters. The van der Waals surface area contributed by atoms with Crippen molar-refractivity contribution >= 4 is 17.3 Å². The lowest BCUT2D eigenvalue weighted by Crippen LogP contribution is -1.95. The lowest BCUT2D eigenvalue weighted by Gasteiger charge is -1.83. The van der Waals surface area contributed by atoms with E-state index in [1.165, 1.54) is 5.51 Å². The highest BCUT2D eigenvalue weighted by Gasteiger charge is 2.10. The summed E-state index contributed by atoms with van der Waals surface area (Å²) in [6.45, 7) is 0. The van der Waals surface area contributed by atoms with Gasteiger partial charge in [-0.15, -0.1) is 0 Å². The van der Waals surface area contributed by atoms with Gasteiger partial charge in [-0.3, -0.25) is 0 Å². The normalized spacial score (nSPS) is 9.33. The van der Waals surface area contributed by atoms with E-state index in [0.29, 0.717) is 0 Å². The SMILES string of the molecule is O=C(O)c1ncsc1O. The first-order chi connectivity index (χ1) is 4.22. The first-order valence-electron chi connectivity index (χ1n) is 2.07. The van der Waals surface area contributed by atoms with E-state index in [2.05, 4.69) is 4.98 Å². The zero-order chi connectivity index (χ0) is 6.85. The summed E-state index contributed by atoms with van der Waals surface area (Å²) in [5, 5.41) is 16.7. The van der Waals surface area contributed by atoms with Crippen molar-refractivity contribution in [3.63, 3.8) is 0 Å². The van der Waals surface area contributed by atoms with Crippen molar-refractivity contribution in [1.29, 1.82) is 0 Å². The molecular formula is C4H3NO3S. The predicted molar refractivity (Wildman–Crippen MR) is 30.7 cm³/mol. The lowest BCUT2D eigenvalue weighted by atomic mass is 10.5. The van der Waals surface area contributed by atoms with Gasteiger partial charge in [0.05, 0.1) is 5.51 Å². The topological polar surface area (TPSA) is 70.4 Å². The molecule has 9 heavy (non-hydrogen) atoms. The van der Waals surface area contributed by atoms with Crippen molar-refractivity contribution in [2.24, 2.45) is 0 Å². The van der Waals surface area contributed by atoms with E-state index >= 15 is 0 Å². The second-order valence-corrected chi connectivity index (χ2v) is 2.14. The summed E-state index contributed by atoms with van der Waals surface area (Å²) in [4.78, 5) is 13.5. The Kier molecular flexibility index (Phi) is 1.35. The molecule has 2 N–H and O–H groups in total. The van der Waals surface area contributed by atoms with Crippen molar-refractivity contribution in [2.75, 3.05) is 0 Å². The first kappa shape index (κ1) is 6.03. The summed E-state index contributed by atoms with van der Waals surface area (Å²) in [6, 6.07) is 0. The number of rotatable bonds is 1.